The van der Waals surface area contributed by atoms with E-state index in [2.05, 4.69) is 15.5 Å². The number of aliphatic hydroxyl groups excluding tert-OH is 1. The van der Waals surface area contributed by atoms with E-state index < -0.39 is 6.10 Å². The Labute approximate surface area is 109 Å². The molecule has 2 aromatic rings. The van der Waals surface area contributed by atoms with Crippen molar-refractivity contribution in [1.82, 2.24) is 20.2 Å². The molecule has 3 N–H and O–H groups in total. The van der Waals surface area contributed by atoms with Crippen molar-refractivity contribution in [3.8, 4) is 0 Å². The van der Waals surface area contributed by atoms with Crippen molar-refractivity contribution >= 4 is 11.8 Å². The molecule has 1 atom stereocenters. The lowest BCUT2D eigenvalue weighted by molar-refractivity contribution is 0.204. The molecule has 2 rings (SSSR count). The molecule has 0 amide bonds. The molecule has 0 bridgehead atoms. The summed E-state index contributed by atoms with van der Waals surface area (Å²) >= 11 is 1.42. The van der Waals surface area contributed by atoms with Gasteiger partial charge in [-0.15, -0.1) is 5.10 Å². The van der Waals surface area contributed by atoms with Crippen molar-refractivity contribution in [2.45, 2.75) is 17.8 Å². The van der Waals surface area contributed by atoms with Gasteiger partial charge in [0.1, 0.15) is 0 Å². The molecule has 1 aromatic heterocycles. The van der Waals surface area contributed by atoms with Crippen molar-refractivity contribution in [2.24, 2.45) is 5.73 Å². The summed E-state index contributed by atoms with van der Waals surface area (Å²) < 4.78 is 1.64. The molecule has 1 unspecified atom stereocenters. The molecule has 0 aliphatic rings. The van der Waals surface area contributed by atoms with Crippen molar-refractivity contribution < 1.29 is 5.11 Å². The van der Waals surface area contributed by atoms with Gasteiger partial charge < -0.3 is 10.8 Å². The second kappa shape index (κ2) is 6.48. The first-order valence-electron chi connectivity index (χ1n) is 5.63. The highest BCUT2D eigenvalue weighted by atomic mass is 32.2. The van der Waals surface area contributed by atoms with E-state index in [1.807, 2.05) is 30.3 Å². The minimum Gasteiger partial charge on any atom is -0.388 e. The SMILES string of the molecule is NCCn1nnnc1SCC(O)c1ccccc1. The van der Waals surface area contributed by atoms with Crippen LogP contribution >= 0.6 is 11.8 Å². The van der Waals surface area contributed by atoms with Crippen LogP contribution in [0.3, 0.4) is 0 Å². The summed E-state index contributed by atoms with van der Waals surface area (Å²) in [4.78, 5) is 0. The third-order valence-corrected chi connectivity index (χ3v) is 3.43. The summed E-state index contributed by atoms with van der Waals surface area (Å²) in [5, 5.41) is 22.0. The van der Waals surface area contributed by atoms with Crippen LogP contribution < -0.4 is 5.73 Å². The standard InChI is InChI=1S/C11H15N5OS/c12-6-7-16-11(13-14-15-16)18-8-10(17)9-4-2-1-3-5-9/h1-5,10,17H,6-8,12H2. The quantitative estimate of drug-likeness (QED) is 0.737. The fraction of sp³-hybridized carbons (Fsp3) is 0.364. The first-order chi connectivity index (χ1) is 8.81. The van der Waals surface area contributed by atoms with Gasteiger partial charge in [0.15, 0.2) is 0 Å². The number of thioether (sulfide) groups is 1. The molecular weight excluding hydrogens is 250 g/mol. The van der Waals surface area contributed by atoms with Crippen molar-refractivity contribution in [3.05, 3.63) is 35.9 Å². The molecule has 7 heteroatoms. The Morgan fingerprint density at radius 1 is 1.33 bits per heavy atom. The number of benzene rings is 1. The summed E-state index contributed by atoms with van der Waals surface area (Å²) in [6, 6.07) is 9.52. The van der Waals surface area contributed by atoms with Crippen LogP contribution in [0.25, 0.3) is 0 Å². The predicted molar refractivity (Wildman–Crippen MR) is 69.0 cm³/mol. The summed E-state index contributed by atoms with van der Waals surface area (Å²) in [6.45, 7) is 1.07. The number of nitrogens with two attached hydrogens (primary N) is 1. The van der Waals surface area contributed by atoms with Gasteiger partial charge in [-0.05, 0) is 16.0 Å². The van der Waals surface area contributed by atoms with E-state index in [0.717, 1.165) is 5.56 Å². The van der Waals surface area contributed by atoms with Crippen molar-refractivity contribution in [3.63, 3.8) is 0 Å². The fourth-order valence-corrected chi connectivity index (χ4v) is 2.36. The first-order valence-corrected chi connectivity index (χ1v) is 6.62. The summed E-state index contributed by atoms with van der Waals surface area (Å²) in [5.74, 6) is 0.509. The maximum Gasteiger partial charge on any atom is 0.209 e. The molecular formula is C11H15N5OS. The summed E-state index contributed by atoms with van der Waals surface area (Å²) in [5.41, 5.74) is 6.35. The van der Waals surface area contributed by atoms with Crippen LogP contribution in [0, 0.1) is 0 Å². The zero-order valence-electron chi connectivity index (χ0n) is 9.81. The lowest BCUT2D eigenvalue weighted by atomic mass is 10.1. The van der Waals surface area contributed by atoms with Gasteiger partial charge in [0.2, 0.25) is 5.16 Å². The molecule has 0 aliphatic carbocycles. The number of hydrogen-bond acceptors (Lipinski definition) is 6. The topological polar surface area (TPSA) is 89.9 Å². The minimum atomic E-state index is -0.528. The van der Waals surface area contributed by atoms with Crippen LogP contribution in [0.15, 0.2) is 35.5 Å². The second-order valence-corrected chi connectivity index (χ2v) is 4.70. The van der Waals surface area contributed by atoms with Crippen LogP contribution in [0.1, 0.15) is 11.7 Å². The number of hydrogen-bond donors (Lipinski definition) is 2. The zero-order valence-corrected chi connectivity index (χ0v) is 10.6. The van der Waals surface area contributed by atoms with Crippen molar-refractivity contribution in [2.75, 3.05) is 12.3 Å². The van der Waals surface area contributed by atoms with E-state index >= 15 is 0 Å². The average Bonchev–Trinajstić information content (AvgIpc) is 2.85. The van der Waals surface area contributed by atoms with Gasteiger partial charge in [-0.25, -0.2) is 4.68 Å². The maximum absolute atomic E-state index is 10.0. The summed E-state index contributed by atoms with van der Waals surface area (Å²) in [6.07, 6.45) is -0.528. The monoisotopic (exact) mass is 265 g/mol. The Hall–Kier alpha value is -1.44. The van der Waals surface area contributed by atoms with E-state index in [9.17, 15) is 5.11 Å². The number of aliphatic hydroxyl groups is 1. The predicted octanol–water partition coefficient (Wildman–Crippen LogP) is 0.457. The molecule has 1 heterocycles. The lowest BCUT2D eigenvalue weighted by Gasteiger charge is -2.09. The van der Waals surface area contributed by atoms with Crippen LogP contribution in [0.4, 0.5) is 0 Å². The smallest absolute Gasteiger partial charge is 0.209 e. The third kappa shape index (κ3) is 3.28. The second-order valence-electron chi connectivity index (χ2n) is 3.71. The molecule has 18 heavy (non-hydrogen) atoms. The number of tetrazole rings is 1. The largest absolute Gasteiger partial charge is 0.388 e. The Morgan fingerprint density at radius 3 is 2.83 bits per heavy atom. The molecule has 0 radical (unpaired) electrons. The van der Waals surface area contributed by atoms with Gasteiger partial charge in [-0.3, -0.25) is 0 Å². The lowest BCUT2D eigenvalue weighted by Crippen LogP contribution is -2.12. The Morgan fingerprint density at radius 2 is 2.11 bits per heavy atom. The highest BCUT2D eigenvalue weighted by Gasteiger charge is 2.11. The van der Waals surface area contributed by atoms with Gasteiger partial charge in [-0.2, -0.15) is 0 Å². The molecule has 0 spiro atoms. The van der Waals surface area contributed by atoms with E-state index in [1.165, 1.54) is 11.8 Å². The number of rotatable bonds is 6. The number of nitrogens with zero attached hydrogens (tertiary/aromatic N) is 4. The average molecular weight is 265 g/mol. The van der Waals surface area contributed by atoms with E-state index in [4.69, 9.17) is 5.73 Å². The van der Waals surface area contributed by atoms with Crippen LogP contribution in [-0.4, -0.2) is 37.6 Å². The van der Waals surface area contributed by atoms with Gasteiger partial charge in [0.05, 0.1) is 12.6 Å². The zero-order chi connectivity index (χ0) is 12.8. The molecule has 0 saturated carbocycles. The Balaban J connectivity index is 1.93. The molecule has 6 nitrogen and oxygen atoms in total. The molecule has 0 fully saturated rings. The van der Waals surface area contributed by atoms with Gasteiger partial charge in [0.25, 0.3) is 0 Å². The number of aromatic nitrogens is 4. The van der Waals surface area contributed by atoms with E-state index in [1.54, 1.807) is 4.68 Å². The highest BCUT2D eigenvalue weighted by molar-refractivity contribution is 7.99. The van der Waals surface area contributed by atoms with Crippen LogP contribution in [0.2, 0.25) is 0 Å². The third-order valence-electron chi connectivity index (χ3n) is 2.39. The van der Waals surface area contributed by atoms with Crippen molar-refractivity contribution in [1.29, 1.82) is 0 Å². The Bertz CT molecular complexity index is 475. The van der Waals surface area contributed by atoms with Crippen LogP contribution in [-0.2, 0) is 6.54 Å². The normalized spacial score (nSPS) is 12.6. The van der Waals surface area contributed by atoms with E-state index in [0.29, 0.717) is 24.0 Å². The van der Waals surface area contributed by atoms with Gasteiger partial charge in [-0.1, -0.05) is 42.1 Å². The maximum atomic E-state index is 10.0. The molecule has 96 valence electrons. The highest BCUT2D eigenvalue weighted by Crippen LogP contribution is 2.22. The first kappa shape index (κ1) is 13.0. The molecule has 0 aliphatic heterocycles. The van der Waals surface area contributed by atoms with Gasteiger partial charge >= 0.3 is 0 Å². The van der Waals surface area contributed by atoms with Gasteiger partial charge in [0, 0.05) is 12.3 Å². The van der Waals surface area contributed by atoms with Crippen LogP contribution in [0.5, 0.6) is 0 Å². The Kier molecular flexibility index (Phi) is 4.68. The minimum absolute atomic E-state index is 0.486. The fourth-order valence-electron chi connectivity index (χ4n) is 1.49. The van der Waals surface area contributed by atoms with E-state index in [-0.39, 0.29) is 0 Å². The summed E-state index contributed by atoms with van der Waals surface area (Å²) in [7, 11) is 0. The molecule has 0 saturated heterocycles. The molecule has 1 aromatic carbocycles.